The van der Waals surface area contributed by atoms with Crippen LogP contribution in [0.4, 0.5) is 0 Å². The summed E-state index contributed by atoms with van der Waals surface area (Å²) in [5.74, 6) is 0.653. The Balaban J connectivity index is 0.000000327. The van der Waals surface area contributed by atoms with Crippen molar-refractivity contribution in [2.45, 2.75) is 26.7 Å². The zero-order valence-electron chi connectivity index (χ0n) is 12.5. The van der Waals surface area contributed by atoms with Crippen molar-refractivity contribution in [1.82, 2.24) is 4.98 Å². The Hall–Kier alpha value is -0.757. The number of rotatable bonds is 2. The molecule has 0 N–H and O–H groups in total. The van der Waals surface area contributed by atoms with Crippen LogP contribution in [-0.4, -0.2) is 4.98 Å². The Kier molecular flexibility index (Phi) is 12.5. The molecule has 2 aromatic rings. The van der Waals surface area contributed by atoms with E-state index >= 15 is 0 Å². The van der Waals surface area contributed by atoms with Crippen molar-refractivity contribution in [1.29, 1.82) is 0 Å². The average molecular weight is 413 g/mol. The summed E-state index contributed by atoms with van der Waals surface area (Å²) in [6, 6.07) is 8.71. The molecule has 1 aromatic heterocycles. The molecule has 0 fully saturated rings. The van der Waals surface area contributed by atoms with Gasteiger partial charge in [0.1, 0.15) is 0 Å². The third-order valence-electron chi connectivity index (χ3n) is 2.60. The molecular formula is C16H21Cl2N2Ru+. The van der Waals surface area contributed by atoms with Gasteiger partial charge in [0, 0.05) is 0 Å². The molecule has 0 saturated carbocycles. The van der Waals surface area contributed by atoms with E-state index in [0.717, 1.165) is 0 Å². The molecular weight excluding hydrogens is 392 g/mol. The number of hydrogen-bond acceptors (Lipinski definition) is 1. The summed E-state index contributed by atoms with van der Waals surface area (Å²) < 4.78 is 1.83. The molecule has 0 aliphatic carbocycles. The van der Waals surface area contributed by atoms with E-state index in [1.807, 2.05) is 17.0 Å². The molecule has 0 bridgehead atoms. The van der Waals surface area contributed by atoms with Crippen LogP contribution >= 0.6 is 19.4 Å². The van der Waals surface area contributed by atoms with Gasteiger partial charge >= 0.3 is 34.5 Å². The van der Waals surface area contributed by atoms with Crippen LogP contribution in [0.25, 0.3) is 6.20 Å². The first-order valence-corrected chi connectivity index (χ1v) is 10.9. The summed E-state index contributed by atoms with van der Waals surface area (Å²) in [5, 5.41) is 0. The number of halogens is 2. The fraction of sp³-hybridized carbons (Fsp3) is 0.250. The maximum absolute atomic E-state index is 4.85. The van der Waals surface area contributed by atoms with E-state index < -0.39 is 0 Å². The van der Waals surface area contributed by atoms with Crippen LogP contribution in [0, 0.1) is 6.92 Å². The fourth-order valence-corrected chi connectivity index (χ4v) is 1.40. The van der Waals surface area contributed by atoms with E-state index in [4.69, 9.17) is 19.4 Å². The van der Waals surface area contributed by atoms with Gasteiger partial charge in [-0.1, -0.05) is 43.7 Å². The molecule has 2 rings (SSSR count). The molecule has 21 heavy (non-hydrogen) atoms. The van der Waals surface area contributed by atoms with Gasteiger partial charge in [0.15, 0.2) is 18.6 Å². The van der Waals surface area contributed by atoms with Crippen LogP contribution in [0.2, 0.25) is 0 Å². The topological polar surface area (TPSA) is 16.8 Å². The van der Waals surface area contributed by atoms with Gasteiger partial charge in [-0.2, -0.15) is 4.57 Å². The van der Waals surface area contributed by atoms with Gasteiger partial charge in [0.2, 0.25) is 0 Å². The van der Waals surface area contributed by atoms with Crippen molar-refractivity contribution in [3.8, 4) is 0 Å². The predicted molar refractivity (Wildman–Crippen MR) is 87.8 cm³/mol. The number of benzene rings is 1. The minimum absolute atomic E-state index is 0.346. The van der Waals surface area contributed by atoms with Gasteiger partial charge < -0.3 is 0 Å². The summed E-state index contributed by atoms with van der Waals surface area (Å²) >= 11 is -0.346. The van der Waals surface area contributed by atoms with Gasteiger partial charge in [-0.05, 0) is 25.0 Å². The Bertz CT molecular complexity index is 487. The van der Waals surface area contributed by atoms with Crippen LogP contribution in [0.1, 0.15) is 30.9 Å². The second-order valence-corrected chi connectivity index (χ2v) is 7.13. The molecule has 0 spiro atoms. The molecule has 1 aromatic carbocycles. The average Bonchev–Trinajstić information content (AvgIpc) is 2.50. The van der Waals surface area contributed by atoms with Crippen molar-refractivity contribution in [3.05, 3.63) is 66.8 Å². The molecule has 0 aliphatic rings. The standard InChI is InChI=1S/C10H14.C6H7N2.2ClH.Ru/c1-8(2)10-6-4-9(3)5-7-10;1-2-8-5-3-7-4-6-8;;;/h4-8H,1-3H3;2-6H,1H2;2*1H;/q;+1;;;+2/p-2. The summed E-state index contributed by atoms with van der Waals surface area (Å²) in [7, 11) is 9.71. The number of nitrogens with zero attached hydrogens (tertiary/aromatic N) is 2. The van der Waals surface area contributed by atoms with E-state index in [1.54, 1.807) is 18.6 Å². The van der Waals surface area contributed by atoms with E-state index in [1.165, 1.54) is 11.1 Å². The third-order valence-corrected chi connectivity index (χ3v) is 2.60. The molecule has 0 saturated heterocycles. The number of aromatic nitrogens is 2. The van der Waals surface area contributed by atoms with Gasteiger partial charge in [0.05, 0.1) is 12.4 Å². The van der Waals surface area contributed by atoms with Gasteiger partial charge in [-0.25, -0.2) is 0 Å². The second-order valence-electron chi connectivity index (χ2n) is 4.49. The molecule has 2 nitrogen and oxygen atoms in total. The fourth-order valence-electron chi connectivity index (χ4n) is 1.40. The SMILES string of the molecule is C=C[n+]1ccncc1.Cc1ccc(C(C)C)cc1.[Cl][Ru][Cl]. The van der Waals surface area contributed by atoms with E-state index in [9.17, 15) is 0 Å². The Morgan fingerprint density at radius 3 is 1.95 bits per heavy atom. The van der Waals surface area contributed by atoms with E-state index in [0.29, 0.717) is 5.92 Å². The van der Waals surface area contributed by atoms with Crippen LogP contribution in [0.5, 0.6) is 0 Å². The Morgan fingerprint density at radius 2 is 1.62 bits per heavy atom. The monoisotopic (exact) mass is 413 g/mol. The first-order chi connectivity index (χ1) is 10.0. The van der Waals surface area contributed by atoms with Crippen molar-refractivity contribution in [2.24, 2.45) is 0 Å². The first-order valence-electron chi connectivity index (χ1n) is 6.40. The van der Waals surface area contributed by atoms with Crippen molar-refractivity contribution >= 4 is 25.6 Å². The summed E-state index contributed by atoms with van der Waals surface area (Å²) in [5.41, 5.74) is 2.76. The van der Waals surface area contributed by atoms with Crippen LogP contribution in [-0.2, 0) is 15.1 Å². The van der Waals surface area contributed by atoms with Crippen LogP contribution < -0.4 is 4.57 Å². The molecule has 0 radical (unpaired) electrons. The van der Waals surface area contributed by atoms with E-state index in [-0.39, 0.29) is 15.1 Å². The molecule has 1 heterocycles. The molecule has 0 aliphatic heterocycles. The van der Waals surface area contributed by atoms with Gasteiger partial charge in [-0.15, -0.1) is 0 Å². The zero-order valence-corrected chi connectivity index (χ0v) is 15.7. The van der Waals surface area contributed by atoms with Crippen molar-refractivity contribution < 1.29 is 19.7 Å². The summed E-state index contributed by atoms with van der Waals surface area (Å²) in [4.78, 5) is 3.82. The molecule has 116 valence electrons. The van der Waals surface area contributed by atoms with Crippen LogP contribution in [0.3, 0.4) is 0 Å². The molecule has 0 amide bonds. The van der Waals surface area contributed by atoms with Gasteiger partial charge in [-0.3, -0.25) is 4.98 Å². The van der Waals surface area contributed by atoms with Gasteiger partial charge in [0.25, 0.3) is 0 Å². The first kappa shape index (κ1) is 20.2. The maximum atomic E-state index is 4.85. The number of hydrogen-bond donors (Lipinski definition) is 0. The molecule has 5 heteroatoms. The van der Waals surface area contributed by atoms with Crippen molar-refractivity contribution in [2.75, 3.05) is 0 Å². The quantitative estimate of drug-likeness (QED) is 0.502. The summed E-state index contributed by atoms with van der Waals surface area (Å²) in [6.45, 7) is 10.1. The number of aryl methyl sites for hydroxylation is 1. The normalized spacial score (nSPS) is 9.24. The predicted octanol–water partition coefficient (Wildman–Crippen LogP) is 4.96. The van der Waals surface area contributed by atoms with Crippen molar-refractivity contribution in [3.63, 3.8) is 0 Å². The molecule has 0 unspecified atom stereocenters. The second kappa shape index (κ2) is 12.9. The van der Waals surface area contributed by atoms with Crippen LogP contribution in [0.15, 0.2) is 55.6 Å². The third kappa shape index (κ3) is 10.6. The molecule has 0 atom stereocenters. The van der Waals surface area contributed by atoms with E-state index in [2.05, 4.69) is 56.6 Å². The Labute approximate surface area is 143 Å². The Morgan fingerprint density at radius 1 is 1.14 bits per heavy atom. The summed E-state index contributed by atoms with van der Waals surface area (Å²) in [6.07, 6.45) is 8.78. The zero-order chi connectivity index (χ0) is 16.1. The minimum atomic E-state index is -0.346.